The minimum atomic E-state index is -0.372. The number of aromatic nitrogens is 1. The number of hydrogen-bond acceptors (Lipinski definition) is 3. The molecule has 1 heterocycles. The van der Waals surface area contributed by atoms with Crippen LogP contribution in [0.4, 0.5) is 0 Å². The van der Waals surface area contributed by atoms with Crippen LogP contribution in [0.2, 0.25) is 5.02 Å². The Hall–Kier alpha value is -2.43. The van der Waals surface area contributed by atoms with Gasteiger partial charge < -0.3 is 0 Å². The van der Waals surface area contributed by atoms with Crippen LogP contribution in [0.1, 0.15) is 15.9 Å². The molecule has 0 fully saturated rings. The molecule has 3 N–H and O–H groups in total. The molecule has 4 nitrogen and oxygen atoms in total. The Morgan fingerprint density at radius 3 is 2.55 bits per heavy atom. The molecule has 0 aliphatic rings. The Morgan fingerprint density at radius 2 is 1.86 bits per heavy atom. The van der Waals surface area contributed by atoms with Crippen LogP contribution in [-0.4, -0.2) is 10.9 Å². The van der Waals surface area contributed by atoms with Crippen molar-refractivity contribution >= 4 is 28.4 Å². The van der Waals surface area contributed by atoms with Crippen LogP contribution < -0.4 is 11.3 Å². The van der Waals surface area contributed by atoms with Crippen molar-refractivity contribution in [3.05, 3.63) is 64.7 Å². The number of hydrazine groups is 1. The first-order valence-electron chi connectivity index (χ1n) is 6.77. The number of rotatable bonds is 2. The van der Waals surface area contributed by atoms with E-state index in [1.54, 1.807) is 24.3 Å². The van der Waals surface area contributed by atoms with Crippen molar-refractivity contribution in [2.45, 2.75) is 6.92 Å². The number of fused-ring (bicyclic) bond motifs is 1. The summed E-state index contributed by atoms with van der Waals surface area (Å²) in [4.78, 5) is 16.7. The molecular weight excluding hydrogens is 298 g/mol. The smallest absolute Gasteiger partial charge is 0.265 e. The van der Waals surface area contributed by atoms with Gasteiger partial charge in [-0.05, 0) is 31.2 Å². The van der Waals surface area contributed by atoms with E-state index in [-0.39, 0.29) is 5.91 Å². The molecule has 110 valence electrons. The Morgan fingerprint density at radius 1 is 1.14 bits per heavy atom. The maximum absolute atomic E-state index is 12.1. The molecule has 0 aliphatic carbocycles. The number of nitrogens with one attached hydrogen (secondary N) is 1. The van der Waals surface area contributed by atoms with E-state index in [1.165, 1.54) is 0 Å². The lowest BCUT2D eigenvalue weighted by molar-refractivity contribution is 0.0955. The maximum atomic E-state index is 12.1. The average molecular weight is 312 g/mol. The SMILES string of the molecule is Cc1ccc(-c2cc(C(=O)NN)c3cc(Cl)ccc3n2)cc1. The Kier molecular flexibility index (Phi) is 3.79. The molecule has 3 aromatic rings. The highest BCUT2D eigenvalue weighted by molar-refractivity contribution is 6.31. The predicted molar refractivity (Wildman–Crippen MR) is 88.6 cm³/mol. The first-order valence-corrected chi connectivity index (χ1v) is 7.14. The zero-order valence-electron chi connectivity index (χ0n) is 11.9. The summed E-state index contributed by atoms with van der Waals surface area (Å²) < 4.78 is 0. The second-order valence-corrected chi connectivity index (χ2v) is 5.49. The highest BCUT2D eigenvalue weighted by atomic mass is 35.5. The number of carbonyl (C=O) groups is 1. The van der Waals surface area contributed by atoms with Crippen molar-refractivity contribution in [2.24, 2.45) is 5.84 Å². The zero-order valence-corrected chi connectivity index (χ0v) is 12.7. The van der Waals surface area contributed by atoms with Crippen molar-refractivity contribution in [3.8, 4) is 11.3 Å². The molecule has 0 bridgehead atoms. The number of pyridine rings is 1. The molecule has 5 heteroatoms. The van der Waals surface area contributed by atoms with Gasteiger partial charge in [0.2, 0.25) is 0 Å². The monoisotopic (exact) mass is 311 g/mol. The van der Waals surface area contributed by atoms with Gasteiger partial charge in [-0.15, -0.1) is 0 Å². The first kappa shape index (κ1) is 14.5. The molecule has 0 spiro atoms. The number of aryl methyl sites for hydroxylation is 1. The molecule has 3 rings (SSSR count). The number of nitrogen functional groups attached to an aromatic ring is 1. The molecule has 0 aliphatic heterocycles. The van der Waals surface area contributed by atoms with Gasteiger partial charge in [-0.3, -0.25) is 10.2 Å². The normalized spacial score (nSPS) is 10.7. The van der Waals surface area contributed by atoms with Gasteiger partial charge in [0.1, 0.15) is 0 Å². The largest absolute Gasteiger partial charge is 0.290 e. The van der Waals surface area contributed by atoms with E-state index >= 15 is 0 Å². The third-order valence-electron chi connectivity index (χ3n) is 3.49. The summed E-state index contributed by atoms with van der Waals surface area (Å²) in [6, 6.07) is 15.0. The second-order valence-electron chi connectivity index (χ2n) is 5.06. The third kappa shape index (κ3) is 2.66. The minimum Gasteiger partial charge on any atom is -0.290 e. The fourth-order valence-electron chi connectivity index (χ4n) is 2.34. The van der Waals surface area contributed by atoms with Crippen LogP contribution in [0.15, 0.2) is 48.5 Å². The van der Waals surface area contributed by atoms with Crippen LogP contribution in [-0.2, 0) is 0 Å². The van der Waals surface area contributed by atoms with E-state index < -0.39 is 0 Å². The fraction of sp³-hybridized carbons (Fsp3) is 0.0588. The average Bonchev–Trinajstić information content (AvgIpc) is 2.54. The third-order valence-corrected chi connectivity index (χ3v) is 3.73. The molecule has 1 amide bonds. The molecule has 0 saturated carbocycles. The molecule has 22 heavy (non-hydrogen) atoms. The fourth-order valence-corrected chi connectivity index (χ4v) is 2.51. The quantitative estimate of drug-likeness (QED) is 0.432. The van der Waals surface area contributed by atoms with Gasteiger partial charge in [-0.25, -0.2) is 10.8 Å². The van der Waals surface area contributed by atoms with Crippen LogP contribution in [0.3, 0.4) is 0 Å². The molecule has 0 atom stereocenters. The first-order chi connectivity index (χ1) is 10.6. The number of hydrogen-bond donors (Lipinski definition) is 2. The van der Waals surface area contributed by atoms with Crippen LogP contribution in [0.5, 0.6) is 0 Å². The Bertz CT molecular complexity index is 860. The number of halogens is 1. The standard InChI is InChI=1S/C17H14ClN3O/c1-10-2-4-11(5-3-10)16-9-14(17(22)21-19)13-8-12(18)6-7-15(13)20-16/h2-9H,19H2,1H3,(H,21,22). The van der Waals surface area contributed by atoms with E-state index in [0.717, 1.165) is 11.1 Å². The lowest BCUT2D eigenvalue weighted by Gasteiger charge is -2.09. The summed E-state index contributed by atoms with van der Waals surface area (Å²) in [5, 5.41) is 1.22. The number of benzene rings is 2. The molecule has 0 radical (unpaired) electrons. The van der Waals surface area contributed by atoms with Crippen LogP contribution in [0, 0.1) is 6.92 Å². The van der Waals surface area contributed by atoms with E-state index in [1.807, 2.05) is 31.2 Å². The molecule has 2 aromatic carbocycles. The lowest BCUT2D eigenvalue weighted by Crippen LogP contribution is -2.30. The molecule has 0 unspecified atom stereocenters. The van der Waals surface area contributed by atoms with Crippen molar-refractivity contribution < 1.29 is 4.79 Å². The highest BCUT2D eigenvalue weighted by Crippen LogP contribution is 2.27. The maximum Gasteiger partial charge on any atom is 0.265 e. The molecular formula is C17H14ClN3O. The van der Waals surface area contributed by atoms with Crippen molar-refractivity contribution in [2.75, 3.05) is 0 Å². The van der Waals surface area contributed by atoms with E-state index in [4.69, 9.17) is 17.4 Å². The van der Waals surface area contributed by atoms with Crippen molar-refractivity contribution in [3.63, 3.8) is 0 Å². The minimum absolute atomic E-state index is 0.372. The van der Waals surface area contributed by atoms with Gasteiger partial charge in [0, 0.05) is 16.0 Å². The van der Waals surface area contributed by atoms with E-state index in [0.29, 0.717) is 27.2 Å². The van der Waals surface area contributed by atoms with E-state index in [9.17, 15) is 4.79 Å². The van der Waals surface area contributed by atoms with Gasteiger partial charge in [-0.2, -0.15) is 0 Å². The number of nitrogens with two attached hydrogens (primary N) is 1. The summed E-state index contributed by atoms with van der Waals surface area (Å²) in [6.45, 7) is 2.02. The van der Waals surface area contributed by atoms with Crippen LogP contribution >= 0.6 is 11.6 Å². The van der Waals surface area contributed by atoms with Crippen LogP contribution in [0.25, 0.3) is 22.2 Å². The van der Waals surface area contributed by atoms with Gasteiger partial charge in [0.15, 0.2) is 0 Å². The van der Waals surface area contributed by atoms with Gasteiger partial charge in [0.25, 0.3) is 5.91 Å². The summed E-state index contributed by atoms with van der Waals surface area (Å²) in [6.07, 6.45) is 0. The summed E-state index contributed by atoms with van der Waals surface area (Å²) in [5.74, 6) is 4.92. The Balaban J connectivity index is 2.26. The number of amides is 1. The number of carbonyl (C=O) groups excluding carboxylic acids is 1. The van der Waals surface area contributed by atoms with Crippen molar-refractivity contribution in [1.29, 1.82) is 0 Å². The predicted octanol–water partition coefficient (Wildman–Crippen LogP) is 3.47. The molecule has 0 saturated heterocycles. The van der Waals surface area contributed by atoms with E-state index in [2.05, 4.69) is 10.4 Å². The zero-order chi connectivity index (χ0) is 15.7. The van der Waals surface area contributed by atoms with Gasteiger partial charge in [0.05, 0.1) is 16.8 Å². The van der Waals surface area contributed by atoms with Crippen molar-refractivity contribution in [1.82, 2.24) is 10.4 Å². The highest BCUT2D eigenvalue weighted by Gasteiger charge is 2.13. The summed E-state index contributed by atoms with van der Waals surface area (Å²) >= 11 is 6.02. The van der Waals surface area contributed by atoms with Gasteiger partial charge in [-0.1, -0.05) is 41.4 Å². The summed E-state index contributed by atoms with van der Waals surface area (Å²) in [7, 11) is 0. The topological polar surface area (TPSA) is 68.0 Å². The summed E-state index contributed by atoms with van der Waals surface area (Å²) in [5.41, 5.74) is 6.13. The lowest BCUT2D eigenvalue weighted by atomic mass is 10.0. The van der Waals surface area contributed by atoms with Gasteiger partial charge >= 0.3 is 0 Å². The number of nitrogens with zero attached hydrogens (tertiary/aromatic N) is 1. The molecule has 1 aromatic heterocycles. The Labute approximate surface area is 132 Å². The second kappa shape index (κ2) is 5.75.